The van der Waals surface area contributed by atoms with Gasteiger partial charge in [-0.25, -0.2) is 0 Å². The van der Waals surface area contributed by atoms with E-state index in [1.165, 1.54) is 0 Å². The van der Waals surface area contributed by atoms with E-state index in [0.29, 0.717) is 10.6 Å². The molecule has 126 valence electrons. The zero-order valence-electron chi connectivity index (χ0n) is 13.7. The summed E-state index contributed by atoms with van der Waals surface area (Å²) in [6.07, 6.45) is -0.719. The molecule has 3 aromatic carbocycles. The first-order chi connectivity index (χ1) is 12.0. The van der Waals surface area contributed by atoms with Gasteiger partial charge >= 0.3 is 5.97 Å². The second-order valence-corrected chi connectivity index (χ2v) is 6.25. The lowest BCUT2D eigenvalue weighted by Crippen LogP contribution is -2.25. The maximum Gasteiger partial charge on any atom is 0.310 e. The van der Waals surface area contributed by atoms with Gasteiger partial charge in [-0.15, -0.1) is 0 Å². The molecule has 4 heteroatoms. The highest BCUT2D eigenvalue weighted by atomic mass is 35.5. The maximum absolute atomic E-state index is 12.3. The number of carbonyl (C=O) groups is 2. The Balaban J connectivity index is 1.69. The van der Waals surface area contributed by atoms with Gasteiger partial charge in [0.15, 0.2) is 6.10 Å². The molecule has 0 radical (unpaired) electrons. The van der Waals surface area contributed by atoms with Crippen LogP contribution in [-0.2, 0) is 16.0 Å². The largest absolute Gasteiger partial charge is 0.454 e. The van der Waals surface area contributed by atoms with Gasteiger partial charge in [-0.3, -0.25) is 9.59 Å². The Hall–Kier alpha value is -2.65. The summed E-state index contributed by atoms with van der Waals surface area (Å²) in [5, 5.41) is 2.63. The number of esters is 1. The van der Waals surface area contributed by atoms with Crippen molar-refractivity contribution in [1.82, 2.24) is 0 Å². The van der Waals surface area contributed by atoms with Crippen LogP contribution < -0.4 is 0 Å². The fourth-order valence-corrected chi connectivity index (χ4v) is 2.87. The third kappa shape index (κ3) is 4.06. The summed E-state index contributed by atoms with van der Waals surface area (Å²) in [6, 6.07) is 20.2. The number of benzene rings is 3. The van der Waals surface area contributed by atoms with E-state index in [0.717, 1.165) is 16.3 Å². The molecule has 0 aliphatic heterocycles. The van der Waals surface area contributed by atoms with Crippen LogP contribution in [0.1, 0.15) is 22.8 Å². The van der Waals surface area contributed by atoms with Crippen LogP contribution in [0.15, 0.2) is 66.7 Å². The van der Waals surface area contributed by atoms with Crippen molar-refractivity contribution in [3.8, 4) is 0 Å². The second kappa shape index (κ2) is 7.49. The van der Waals surface area contributed by atoms with E-state index < -0.39 is 12.1 Å². The minimum absolute atomic E-state index is 0.125. The lowest BCUT2D eigenvalue weighted by Gasteiger charge is -2.13. The molecule has 0 N–H and O–H groups in total. The molecule has 0 spiro atoms. The van der Waals surface area contributed by atoms with E-state index in [1.807, 2.05) is 42.5 Å². The summed E-state index contributed by atoms with van der Waals surface area (Å²) in [4.78, 5) is 24.6. The summed E-state index contributed by atoms with van der Waals surface area (Å²) in [7, 11) is 0. The summed E-state index contributed by atoms with van der Waals surface area (Å²) in [5.41, 5.74) is 1.35. The van der Waals surface area contributed by atoms with Crippen molar-refractivity contribution in [1.29, 1.82) is 0 Å². The molecule has 3 rings (SSSR count). The Morgan fingerprint density at radius 2 is 1.64 bits per heavy atom. The Bertz CT molecular complexity index is 911. The quantitative estimate of drug-likeness (QED) is 0.487. The minimum Gasteiger partial charge on any atom is -0.454 e. The Morgan fingerprint density at radius 1 is 0.960 bits per heavy atom. The number of fused-ring (bicyclic) bond motifs is 1. The molecule has 0 saturated heterocycles. The number of ketones is 1. The van der Waals surface area contributed by atoms with Crippen LogP contribution in [0, 0.1) is 0 Å². The van der Waals surface area contributed by atoms with Crippen molar-refractivity contribution in [3.63, 3.8) is 0 Å². The predicted octanol–water partition coefficient (Wildman–Crippen LogP) is 4.85. The molecular formula is C21H17ClO3. The van der Waals surface area contributed by atoms with E-state index in [9.17, 15) is 9.59 Å². The first-order valence-electron chi connectivity index (χ1n) is 8.00. The van der Waals surface area contributed by atoms with E-state index >= 15 is 0 Å². The molecule has 0 unspecified atom stereocenters. The zero-order chi connectivity index (χ0) is 17.8. The molecule has 0 aromatic heterocycles. The normalized spacial score (nSPS) is 11.9. The van der Waals surface area contributed by atoms with Gasteiger partial charge < -0.3 is 4.74 Å². The third-order valence-electron chi connectivity index (χ3n) is 4.02. The average Bonchev–Trinajstić information content (AvgIpc) is 2.62. The molecule has 3 nitrogen and oxygen atoms in total. The fourth-order valence-electron chi connectivity index (χ4n) is 2.74. The van der Waals surface area contributed by atoms with E-state index in [-0.39, 0.29) is 12.2 Å². The third-order valence-corrected chi connectivity index (χ3v) is 4.27. The highest BCUT2D eigenvalue weighted by molar-refractivity contribution is 6.30. The highest BCUT2D eigenvalue weighted by Gasteiger charge is 2.20. The number of hydrogen-bond acceptors (Lipinski definition) is 3. The molecule has 0 fully saturated rings. The standard InChI is InChI=1S/C21H17ClO3/c1-14(21(24)16-9-11-18(22)12-10-16)25-20(23)13-17-7-4-6-15-5-2-3-8-19(15)17/h2-12,14H,13H2,1H3/t14-/m1/s1. The smallest absolute Gasteiger partial charge is 0.310 e. The van der Waals surface area contributed by atoms with Crippen molar-refractivity contribution >= 4 is 34.1 Å². The van der Waals surface area contributed by atoms with Crippen LogP contribution in [-0.4, -0.2) is 17.9 Å². The molecule has 25 heavy (non-hydrogen) atoms. The van der Waals surface area contributed by atoms with Gasteiger partial charge in [0.25, 0.3) is 0 Å². The van der Waals surface area contributed by atoms with Crippen LogP contribution in [0.3, 0.4) is 0 Å². The van der Waals surface area contributed by atoms with Gasteiger partial charge in [0, 0.05) is 10.6 Å². The molecule has 0 heterocycles. The van der Waals surface area contributed by atoms with Gasteiger partial charge in [-0.05, 0) is 47.5 Å². The molecule has 0 aliphatic rings. The molecular weight excluding hydrogens is 336 g/mol. The van der Waals surface area contributed by atoms with Crippen molar-refractivity contribution < 1.29 is 14.3 Å². The van der Waals surface area contributed by atoms with Crippen molar-refractivity contribution in [3.05, 3.63) is 82.9 Å². The van der Waals surface area contributed by atoms with Gasteiger partial charge in [0.1, 0.15) is 0 Å². The van der Waals surface area contributed by atoms with Crippen molar-refractivity contribution in [2.45, 2.75) is 19.4 Å². The van der Waals surface area contributed by atoms with Gasteiger partial charge in [-0.1, -0.05) is 54.1 Å². The number of ether oxygens (including phenoxy) is 1. The van der Waals surface area contributed by atoms with Gasteiger partial charge in [-0.2, -0.15) is 0 Å². The second-order valence-electron chi connectivity index (χ2n) is 5.82. The number of hydrogen-bond donors (Lipinski definition) is 0. The molecule has 0 saturated carbocycles. The monoisotopic (exact) mass is 352 g/mol. The molecule has 0 amide bonds. The minimum atomic E-state index is -0.844. The zero-order valence-corrected chi connectivity index (χ0v) is 14.5. The van der Waals surface area contributed by atoms with Crippen LogP contribution in [0.5, 0.6) is 0 Å². The van der Waals surface area contributed by atoms with Crippen LogP contribution >= 0.6 is 11.6 Å². The van der Waals surface area contributed by atoms with Crippen molar-refractivity contribution in [2.75, 3.05) is 0 Å². The number of rotatable bonds is 5. The summed E-state index contributed by atoms with van der Waals surface area (Å²) < 4.78 is 5.33. The lowest BCUT2D eigenvalue weighted by atomic mass is 10.0. The Labute approximate surface area is 151 Å². The topological polar surface area (TPSA) is 43.4 Å². The van der Waals surface area contributed by atoms with Crippen LogP contribution in [0.25, 0.3) is 10.8 Å². The summed E-state index contributed by atoms with van der Waals surface area (Å²) in [6.45, 7) is 1.58. The molecule has 0 aliphatic carbocycles. The molecule has 1 atom stereocenters. The Morgan fingerprint density at radius 3 is 2.40 bits per heavy atom. The number of halogens is 1. The van der Waals surface area contributed by atoms with Crippen LogP contribution in [0.4, 0.5) is 0 Å². The SMILES string of the molecule is C[C@@H](OC(=O)Cc1cccc2ccccc12)C(=O)c1ccc(Cl)cc1. The Kier molecular flexibility index (Phi) is 5.15. The highest BCUT2D eigenvalue weighted by Crippen LogP contribution is 2.19. The van der Waals surface area contributed by atoms with E-state index in [4.69, 9.17) is 16.3 Å². The first kappa shape index (κ1) is 17.2. The van der Waals surface area contributed by atoms with Gasteiger partial charge in [0.05, 0.1) is 6.42 Å². The van der Waals surface area contributed by atoms with Crippen LogP contribution in [0.2, 0.25) is 5.02 Å². The lowest BCUT2D eigenvalue weighted by molar-refractivity contribution is -0.145. The fraction of sp³-hybridized carbons (Fsp3) is 0.143. The molecule has 3 aromatic rings. The van der Waals surface area contributed by atoms with Gasteiger partial charge in [0.2, 0.25) is 5.78 Å². The van der Waals surface area contributed by atoms with E-state index in [1.54, 1.807) is 31.2 Å². The molecule has 0 bridgehead atoms. The predicted molar refractivity (Wildman–Crippen MR) is 99.0 cm³/mol. The summed E-state index contributed by atoms with van der Waals surface area (Å²) >= 11 is 5.82. The number of Topliss-reactive ketones (excluding diaryl/α,β-unsaturated/α-hetero) is 1. The summed E-state index contributed by atoms with van der Waals surface area (Å²) in [5.74, 6) is -0.672. The van der Waals surface area contributed by atoms with Crippen molar-refractivity contribution in [2.24, 2.45) is 0 Å². The average molecular weight is 353 g/mol. The van der Waals surface area contributed by atoms with E-state index in [2.05, 4.69) is 0 Å². The first-order valence-corrected chi connectivity index (χ1v) is 8.38. The maximum atomic E-state index is 12.3. The number of carbonyl (C=O) groups excluding carboxylic acids is 2.